The van der Waals surface area contributed by atoms with Crippen molar-refractivity contribution >= 4 is 11.5 Å². The van der Waals surface area contributed by atoms with Crippen LogP contribution in [0.2, 0.25) is 0 Å². The molecule has 1 aromatic heterocycles. The van der Waals surface area contributed by atoms with Gasteiger partial charge in [0, 0.05) is 18.2 Å². The van der Waals surface area contributed by atoms with Crippen molar-refractivity contribution in [2.45, 2.75) is 0 Å². The van der Waals surface area contributed by atoms with E-state index in [-0.39, 0.29) is 0 Å². The second kappa shape index (κ2) is 7.48. The molecule has 0 aliphatic rings. The lowest BCUT2D eigenvalue weighted by molar-refractivity contribution is 0.377. The van der Waals surface area contributed by atoms with E-state index in [1.54, 1.807) is 33.5 Å². The van der Waals surface area contributed by atoms with E-state index in [2.05, 4.69) is 20.4 Å². The van der Waals surface area contributed by atoms with Gasteiger partial charge in [-0.15, -0.1) is 10.2 Å². The molecule has 25 heavy (non-hydrogen) atoms. The van der Waals surface area contributed by atoms with Gasteiger partial charge in [-0.25, -0.2) is 0 Å². The SMILES string of the molecule is COc1cc(OC)c(N=Nc2cc(-c3ccccc3)[nH]n2)c(OC)c1. The van der Waals surface area contributed by atoms with Gasteiger partial charge in [0.25, 0.3) is 0 Å². The van der Waals surface area contributed by atoms with E-state index >= 15 is 0 Å². The lowest BCUT2D eigenvalue weighted by atomic mass is 10.2. The van der Waals surface area contributed by atoms with Gasteiger partial charge in [0.2, 0.25) is 0 Å². The summed E-state index contributed by atoms with van der Waals surface area (Å²) in [6, 6.07) is 15.1. The lowest BCUT2D eigenvalue weighted by Gasteiger charge is -2.10. The van der Waals surface area contributed by atoms with Crippen molar-refractivity contribution in [2.24, 2.45) is 10.2 Å². The van der Waals surface area contributed by atoms with Gasteiger partial charge in [-0.05, 0) is 5.56 Å². The minimum atomic E-state index is 0.457. The first-order chi connectivity index (χ1) is 12.2. The third kappa shape index (κ3) is 3.60. The molecular formula is C18H18N4O3. The molecule has 0 atom stereocenters. The van der Waals surface area contributed by atoms with Gasteiger partial charge in [-0.1, -0.05) is 30.3 Å². The Hall–Kier alpha value is -3.35. The molecule has 1 N–H and O–H groups in total. The number of H-pyrrole nitrogens is 1. The van der Waals surface area contributed by atoms with Gasteiger partial charge in [0.15, 0.2) is 23.0 Å². The fraction of sp³-hybridized carbons (Fsp3) is 0.167. The van der Waals surface area contributed by atoms with Crippen LogP contribution in [0, 0.1) is 0 Å². The van der Waals surface area contributed by atoms with E-state index in [0.29, 0.717) is 28.8 Å². The minimum absolute atomic E-state index is 0.457. The van der Waals surface area contributed by atoms with Crippen LogP contribution < -0.4 is 14.2 Å². The molecule has 0 fully saturated rings. The zero-order valence-corrected chi connectivity index (χ0v) is 14.2. The number of aromatic nitrogens is 2. The second-order valence-electron chi connectivity index (χ2n) is 5.09. The molecule has 0 spiro atoms. The number of rotatable bonds is 6. The van der Waals surface area contributed by atoms with Crippen molar-refractivity contribution in [1.82, 2.24) is 10.2 Å². The molecule has 0 aliphatic carbocycles. The Morgan fingerprint density at radius 2 is 1.52 bits per heavy atom. The van der Waals surface area contributed by atoms with Crippen LogP contribution in [0.5, 0.6) is 17.2 Å². The predicted molar refractivity (Wildman–Crippen MR) is 94.3 cm³/mol. The van der Waals surface area contributed by atoms with Gasteiger partial charge in [-0.2, -0.15) is 5.10 Å². The zero-order valence-electron chi connectivity index (χ0n) is 14.2. The number of ether oxygens (including phenoxy) is 3. The third-order valence-electron chi connectivity index (χ3n) is 3.59. The highest BCUT2D eigenvalue weighted by Crippen LogP contribution is 2.41. The molecule has 7 heteroatoms. The van der Waals surface area contributed by atoms with E-state index in [1.165, 1.54) is 0 Å². The van der Waals surface area contributed by atoms with Crippen molar-refractivity contribution < 1.29 is 14.2 Å². The maximum Gasteiger partial charge on any atom is 0.196 e. The number of nitrogens with one attached hydrogen (secondary N) is 1. The van der Waals surface area contributed by atoms with Crippen LogP contribution in [0.25, 0.3) is 11.3 Å². The quantitative estimate of drug-likeness (QED) is 0.670. The van der Waals surface area contributed by atoms with Crippen LogP contribution in [0.1, 0.15) is 0 Å². The molecule has 0 saturated heterocycles. The Balaban J connectivity index is 1.91. The Labute approximate surface area is 145 Å². The minimum Gasteiger partial charge on any atom is -0.496 e. The molecule has 1 heterocycles. The Bertz CT molecular complexity index is 850. The van der Waals surface area contributed by atoms with Gasteiger partial charge < -0.3 is 14.2 Å². The van der Waals surface area contributed by atoms with E-state index < -0.39 is 0 Å². The van der Waals surface area contributed by atoms with Crippen molar-refractivity contribution in [1.29, 1.82) is 0 Å². The molecule has 0 saturated carbocycles. The van der Waals surface area contributed by atoms with Crippen molar-refractivity contribution in [3.63, 3.8) is 0 Å². The first-order valence-electron chi connectivity index (χ1n) is 7.57. The fourth-order valence-electron chi connectivity index (χ4n) is 2.32. The molecule has 0 bridgehead atoms. The highest BCUT2D eigenvalue weighted by Gasteiger charge is 2.13. The summed E-state index contributed by atoms with van der Waals surface area (Å²) in [5.41, 5.74) is 2.36. The monoisotopic (exact) mass is 338 g/mol. The second-order valence-corrected chi connectivity index (χ2v) is 5.09. The van der Waals surface area contributed by atoms with Crippen LogP contribution in [0.15, 0.2) is 58.8 Å². The maximum atomic E-state index is 5.35. The first-order valence-corrected chi connectivity index (χ1v) is 7.57. The van der Waals surface area contributed by atoms with Crippen molar-refractivity contribution in [2.75, 3.05) is 21.3 Å². The molecule has 0 unspecified atom stereocenters. The maximum absolute atomic E-state index is 5.35. The topological polar surface area (TPSA) is 81.1 Å². The number of hydrogen-bond acceptors (Lipinski definition) is 6. The molecule has 2 aromatic carbocycles. The lowest BCUT2D eigenvalue weighted by Crippen LogP contribution is -1.91. The van der Waals surface area contributed by atoms with E-state index in [4.69, 9.17) is 14.2 Å². The fourth-order valence-corrected chi connectivity index (χ4v) is 2.32. The van der Waals surface area contributed by atoms with Gasteiger partial charge in [0.05, 0.1) is 27.0 Å². The van der Waals surface area contributed by atoms with Crippen molar-refractivity contribution in [3.8, 4) is 28.5 Å². The molecular weight excluding hydrogens is 320 g/mol. The summed E-state index contributed by atoms with van der Waals surface area (Å²) in [6.07, 6.45) is 0. The highest BCUT2D eigenvalue weighted by molar-refractivity contribution is 5.65. The average molecular weight is 338 g/mol. The number of benzene rings is 2. The predicted octanol–water partition coefficient (Wildman–Crippen LogP) is 4.52. The van der Waals surface area contributed by atoms with Gasteiger partial charge in [0.1, 0.15) is 5.75 Å². The first kappa shape index (κ1) is 16.5. The summed E-state index contributed by atoms with van der Waals surface area (Å²) in [6.45, 7) is 0. The van der Waals surface area contributed by atoms with E-state index in [9.17, 15) is 0 Å². The zero-order chi connectivity index (χ0) is 17.6. The standard InChI is InChI=1S/C18H18N4O3/c1-23-13-9-15(24-2)18(16(10-13)25-3)22-21-17-11-14(19-20-17)12-7-5-4-6-8-12/h4-11H,1-3H3,(H,19,20). The van der Waals surface area contributed by atoms with Crippen LogP contribution in [0.4, 0.5) is 11.5 Å². The summed E-state index contributed by atoms with van der Waals surface area (Å²) in [5.74, 6) is 2.06. The van der Waals surface area contributed by atoms with Crippen LogP contribution in [-0.4, -0.2) is 31.5 Å². The largest absolute Gasteiger partial charge is 0.496 e. The Kier molecular flexibility index (Phi) is 4.94. The van der Waals surface area contributed by atoms with Crippen LogP contribution in [-0.2, 0) is 0 Å². The van der Waals surface area contributed by atoms with E-state index in [0.717, 1.165) is 11.3 Å². The number of hydrogen-bond donors (Lipinski definition) is 1. The smallest absolute Gasteiger partial charge is 0.196 e. The molecule has 0 radical (unpaired) electrons. The molecule has 128 valence electrons. The molecule has 3 aromatic rings. The van der Waals surface area contributed by atoms with Crippen molar-refractivity contribution in [3.05, 3.63) is 48.5 Å². The normalized spacial score (nSPS) is 10.8. The summed E-state index contributed by atoms with van der Waals surface area (Å²) >= 11 is 0. The van der Waals surface area contributed by atoms with E-state index in [1.807, 2.05) is 36.4 Å². The molecule has 3 rings (SSSR count). The van der Waals surface area contributed by atoms with Gasteiger partial charge >= 0.3 is 0 Å². The van der Waals surface area contributed by atoms with Crippen LogP contribution in [0.3, 0.4) is 0 Å². The number of azo groups is 1. The molecule has 0 amide bonds. The Morgan fingerprint density at radius 3 is 2.12 bits per heavy atom. The Morgan fingerprint density at radius 1 is 0.840 bits per heavy atom. The van der Waals surface area contributed by atoms with Gasteiger partial charge in [-0.3, -0.25) is 5.10 Å². The summed E-state index contributed by atoms with van der Waals surface area (Å²) in [7, 11) is 4.68. The average Bonchev–Trinajstić information content (AvgIpc) is 3.15. The number of aromatic amines is 1. The number of nitrogens with zero attached hydrogens (tertiary/aromatic N) is 3. The summed E-state index contributed by atoms with van der Waals surface area (Å²) in [4.78, 5) is 0. The molecule has 7 nitrogen and oxygen atoms in total. The third-order valence-corrected chi connectivity index (χ3v) is 3.59. The summed E-state index contributed by atoms with van der Waals surface area (Å²) < 4.78 is 15.9. The summed E-state index contributed by atoms with van der Waals surface area (Å²) in [5, 5.41) is 15.5. The number of methoxy groups -OCH3 is 3. The van der Waals surface area contributed by atoms with Crippen LogP contribution >= 0.6 is 0 Å². The highest BCUT2D eigenvalue weighted by atomic mass is 16.5. The molecule has 0 aliphatic heterocycles.